The van der Waals surface area contributed by atoms with Gasteiger partial charge < -0.3 is 11.1 Å². The van der Waals surface area contributed by atoms with Crippen LogP contribution in [0.1, 0.15) is 31.4 Å². The van der Waals surface area contributed by atoms with Gasteiger partial charge in [-0.05, 0) is 42.6 Å². The molecular formula is C14H19FN2OS. The van der Waals surface area contributed by atoms with E-state index in [2.05, 4.69) is 5.32 Å². The monoisotopic (exact) mass is 282 g/mol. The van der Waals surface area contributed by atoms with E-state index < -0.39 is 0 Å². The van der Waals surface area contributed by atoms with Crippen LogP contribution in [-0.2, 0) is 4.79 Å². The molecule has 1 aromatic carbocycles. The fourth-order valence-electron chi connectivity index (χ4n) is 2.17. The smallest absolute Gasteiger partial charge is 0.220 e. The third-order valence-electron chi connectivity index (χ3n) is 3.28. The number of fused-ring (bicyclic) bond motifs is 1. The first kappa shape index (κ1) is 14.3. The molecule has 1 aliphatic heterocycles. The van der Waals surface area contributed by atoms with Gasteiger partial charge in [-0.25, -0.2) is 4.39 Å². The SMILES string of the molecule is CC(CN)CC(=O)NC1CCSc2ccc(F)cc21. The van der Waals surface area contributed by atoms with Gasteiger partial charge in [-0.3, -0.25) is 4.79 Å². The molecule has 1 amide bonds. The summed E-state index contributed by atoms with van der Waals surface area (Å²) in [6, 6.07) is 4.70. The number of amides is 1. The van der Waals surface area contributed by atoms with E-state index in [1.165, 1.54) is 12.1 Å². The summed E-state index contributed by atoms with van der Waals surface area (Å²) < 4.78 is 13.3. The molecule has 104 valence electrons. The van der Waals surface area contributed by atoms with E-state index in [-0.39, 0.29) is 23.7 Å². The Balaban J connectivity index is 2.07. The molecule has 0 fully saturated rings. The molecule has 0 aromatic heterocycles. The first-order valence-corrected chi connectivity index (χ1v) is 7.50. The highest BCUT2D eigenvalue weighted by Gasteiger charge is 2.23. The molecule has 1 aromatic rings. The van der Waals surface area contributed by atoms with Gasteiger partial charge in [0.25, 0.3) is 0 Å². The summed E-state index contributed by atoms with van der Waals surface area (Å²) in [7, 11) is 0. The van der Waals surface area contributed by atoms with Crippen LogP contribution in [0.25, 0.3) is 0 Å². The Hall–Kier alpha value is -1.07. The molecule has 5 heteroatoms. The summed E-state index contributed by atoms with van der Waals surface area (Å²) in [5.41, 5.74) is 6.41. The van der Waals surface area contributed by atoms with Crippen molar-refractivity contribution in [3.8, 4) is 0 Å². The van der Waals surface area contributed by atoms with Crippen molar-refractivity contribution in [2.75, 3.05) is 12.3 Å². The largest absolute Gasteiger partial charge is 0.349 e. The van der Waals surface area contributed by atoms with Crippen LogP contribution in [0.4, 0.5) is 4.39 Å². The van der Waals surface area contributed by atoms with E-state index in [0.29, 0.717) is 13.0 Å². The minimum absolute atomic E-state index is 0.00920. The summed E-state index contributed by atoms with van der Waals surface area (Å²) in [6.07, 6.45) is 1.26. The number of carbonyl (C=O) groups is 1. The number of benzene rings is 1. The Bertz CT molecular complexity index is 467. The summed E-state index contributed by atoms with van der Waals surface area (Å²) in [5.74, 6) is 0.849. The maximum atomic E-state index is 13.3. The molecule has 2 rings (SSSR count). The number of halogens is 1. The molecule has 0 bridgehead atoms. The lowest BCUT2D eigenvalue weighted by Gasteiger charge is -2.26. The quantitative estimate of drug-likeness (QED) is 0.892. The lowest BCUT2D eigenvalue weighted by Crippen LogP contribution is -2.32. The summed E-state index contributed by atoms with van der Waals surface area (Å²) >= 11 is 1.71. The lowest BCUT2D eigenvalue weighted by molar-refractivity contribution is -0.122. The van der Waals surface area contributed by atoms with Crippen molar-refractivity contribution < 1.29 is 9.18 Å². The zero-order valence-corrected chi connectivity index (χ0v) is 11.8. The molecule has 19 heavy (non-hydrogen) atoms. The van der Waals surface area contributed by atoms with Crippen LogP contribution in [0.2, 0.25) is 0 Å². The highest BCUT2D eigenvalue weighted by atomic mass is 32.2. The Morgan fingerprint density at radius 1 is 1.63 bits per heavy atom. The molecule has 1 aliphatic rings. The van der Waals surface area contributed by atoms with Crippen LogP contribution >= 0.6 is 11.8 Å². The predicted molar refractivity (Wildman–Crippen MR) is 75.5 cm³/mol. The average Bonchev–Trinajstić information content (AvgIpc) is 2.39. The van der Waals surface area contributed by atoms with Gasteiger partial charge in [0, 0.05) is 17.1 Å². The van der Waals surface area contributed by atoms with Crippen molar-refractivity contribution in [3.63, 3.8) is 0 Å². The Kier molecular flexibility index (Phi) is 4.82. The van der Waals surface area contributed by atoms with Gasteiger partial charge in [-0.2, -0.15) is 0 Å². The maximum Gasteiger partial charge on any atom is 0.220 e. The van der Waals surface area contributed by atoms with Crippen LogP contribution < -0.4 is 11.1 Å². The summed E-state index contributed by atoms with van der Waals surface area (Å²) in [4.78, 5) is 13.0. The molecule has 2 atom stereocenters. The highest BCUT2D eigenvalue weighted by molar-refractivity contribution is 7.99. The van der Waals surface area contributed by atoms with Crippen LogP contribution in [0.3, 0.4) is 0 Å². The van der Waals surface area contributed by atoms with Crippen molar-refractivity contribution >= 4 is 17.7 Å². The molecule has 3 nitrogen and oxygen atoms in total. The van der Waals surface area contributed by atoms with Gasteiger partial charge in [0.1, 0.15) is 5.82 Å². The number of nitrogens with one attached hydrogen (secondary N) is 1. The maximum absolute atomic E-state index is 13.3. The van der Waals surface area contributed by atoms with Crippen LogP contribution in [-0.4, -0.2) is 18.2 Å². The second-order valence-electron chi connectivity index (χ2n) is 4.98. The molecule has 0 saturated carbocycles. The standard InChI is InChI=1S/C14H19FN2OS/c1-9(8-16)6-14(18)17-12-4-5-19-13-3-2-10(15)7-11(12)13/h2-3,7,9,12H,4-6,8,16H2,1H3,(H,17,18). The first-order chi connectivity index (χ1) is 9.10. The number of carbonyl (C=O) groups excluding carboxylic acids is 1. The molecule has 3 N–H and O–H groups in total. The topological polar surface area (TPSA) is 55.1 Å². The summed E-state index contributed by atoms with van der Waals surface area (Å²) in [5, 5.41) is 2.99. The lowest BCUT2D eigenvalue weighted by atomic mass is 10.0. The third kappa shape index (κ3) is 3.70. The minimum Gasteiger partial charge on any atom is -0.349 e. The normalized spacial score (nSPS) is 19.6. The Morgan fingerprint density at radius 2 is 2.42 bits per heavy atom. The number of nitrogens with two attached hydrogens (primary N) is 1. The van der Waals surface area contributed by atoms with Crippen molar-refractivity contribution in [1.29, 1.82) is 0 Å². The van der Waals surface area contributed by atoms with E-state index in [1.54, 1.807) is 17.8 Å². The van der Waals surface area contributed by atoms with E-state index in [1.807, 2.05) is 6.92 Å². The van der Waals surface area contributed by atoms with Crippen molar-refractivity contribution in [2.24, 2.45) is 11.7 Å². The molecule has 0 aliphatic carbocycles. The Labute approximate surface area is 117 Å². The van der Waals surface area contributed by atoms with Gasteiger partial charge >= 0.3 is 0 Å². The van der Waals surface area contributed by atoms with Crippen molar-refractivity contribution in [3.05, 3.63) is 29.6 Å². The highest BCUT2D eigenvalue weighted by Crippen LogP contribution is 2.36. The van der Waals surface area contributed by atoms with Gasteiger partial charge in [0.2, 0.25) is 5.91 Å². The fourth-order valence-corrected chi connectivity index (χ4v) is 3.27. The average molecular weight is 282 g/mol. The van der Waals surface area contributed by atoms with E-state index in [0.717, 1.165) is 22.6 Å². The van der Waals surface area contributed by atoms with Gasteiger partial charge in [0.05, 0.1) is 6.04 Å². The second-order valence-corrected chi connectivity index (χ2v) is 6.12. The van der Waals surface area contributed by atoms with Crippen molar-refractivity contribution in [1.82, 2.24) is 5.32 Å². The van der Waals surface area contributed by atoms with Crippen LogP contribution in [0.5, 0.6) is 0 Å². The fraction of sp³-hybridized carbons (Fsp3) is 0.500. The van der Waals surface area contributed by atoms with E-state index in [4.69, 9.17) is 5.73 Å². The number of hydrogen-bond donors (Lipinski definition) is 2. The molecule has 0 saturated heterocycles. The number of hydrogen-bond acceptors (Lipinski definition) is 3. The molecule has 1 heterocycles. The zero-order chi connectivity index (χ0) is 13.8. The van der Waals surface area contributed by atoms with Crippen LogP contribution in [0, 0.1) is 11.7 Å². The molecular weight excluding hydrogens is 263 g/mol. The van der Waals surface area contributed by atoms with Crippen LogP contribution in [0.15, 0.2) is 23.1 Å². The van der Waals surface area contributed by atoms with Gasteiger partial charge in [0.15, 0.2) is 0 Å². The second kappa shape index (κ2) is 6.39. The van der Waals surface area contributed by atoms with E-state index >= 15 is 0 Å². The van der Waals surface area contributed by atoms with Crippen molar-refractivity contribution in [2.45, 2.75) is 30.7 Å². The summed E-state index contributed by atoms with van der Waals surface area (Å²) in [6.45, 7) is 2.45. The third-order valence-corrected chi connectivity index (χ3v) is 4.41. The molecule has 0 spiro atoms. The minimum atomic E-state index is -0.254. The Morgan fingerprint density at radius 3 is 3.16 bits per heavy atom. The number of thioether (sulfide) groups is 1. The molecule has 0 radical (unpaired) electrons. The zero-order valence-electron chi connectivity index (χ0n) is 11.0. The van der Waals surface area contributed by atoms with Gasteiger partial charge in [-0.1, -0.05) is 6.92 Å². The van der Waals surface area contributed by atoms with Gasteiger partial charge in [-0.15, -0.1) is 11.8 Å². The first-order valence-electron chi connectivity index (χ1n) is 6.52. The molecule has 2 unspecified atom stereocenters. The number of rotatable bonds is 4. The van der Waals surface area contributed by atoms with E-state index in [9.17, 15) is 9.18 Å². The predicted octanol–water partition coefficient (Wildman–Crippen LogP) is 2.46.